The number of ether oxygens (including phenoxy) is 2. The summed E-state index contributed by atoms with van der Waals surface area (Å²) in [5, 5.41) is 3.34. The summed E-state index contributed by atoms with van der Waals surface area (Å²) in [5.74, 6) is 1.71. The third-order valence-electron chi connectivity index (χ3n) is 4.28. The van der Waals surface area contributed by atoms with E-state index in [1.807, 2.05) is 19.1 Å². The smallest absolute Gasteiger partial charge is 0.309 e. The lowest BCUT2D eigenvalue weighted by atomic mass is 9.97. The zero-order valence-corrected chi connectivity index (χ0v) is 18.6. The lowest BCUT2D eigenvalue weighted by Gasteiger charge is -2.33. The number of likely N-dealkylation sites (tertiary alicyclic amines) is 1. The first-order valence-electron chi connectivity index (χ1n) is 9.54. The summed E-state index contributed by atoms with van der Waals surface area (Å²) in [4.78, 5) is 18.8. The number of piperidine rings is 1. The van der Waals surface area contributed by atoms with E-state index in [-0.39, 0.29) is 35.9 Å². The Bertz CT molecular complexity index is 543. The molecule has 2 rings (SSSR count). The van der Waals surface area contributed by atoms with Crippen molar-refractivity contribution in [3.63, 3.8) is 0 Å². The van der Waals surface area contributed by atoms with Crippen LogP contribution in [-0.4, -0.2) is 56.2 Å². The van der Waals surface area contributed by atoms with Crippen LogP contribution in [0.15, 0.2) is 27.8 Å². The molecule has 2 heterocycles. The van der Waals surface area contributed by atoms with Crippen molar-refractivity contribution in [3.05, 3.63) is 24.2 Å². The molecule has 0 amide bonds. The Labute approximate surface area is 178 Å². The monoisotopic (exact) mass is 493 g/mol. The number of nitrogens with one attached hydrogen (secondary N) is 1. The molecule has 1 aliphatic rings. The molecule has 0 unspecified atom stereocenters. The quantitative estimate of drug-likeness (QED) is 0.187. The van der Waals surface area contributed by atoms with Gasteiger partial charge in [0.2, 0.25) is 0 Å². The van der Waals surface area contributed by atoms with Gasteiger partial charge in [0.15, 0.2) is 5.96 Å². The lowest BCUT2D eigenvalue weighted by molar-refractivity contribution is -0.149. The van der Waals surface area contributed by atoms with Crippen LogP contribution in [0.3, 0.4) is 0 Å². The number of aliphatic imine (C=N–C) groups is 1. The Morgan fingerprint density at radius 1 is 1.37 bits per heavy atom. The second-order valence-electron chi connectivity index (χ2n) is 6.23. The highest BCUT2D eigenvalue weighted by molar-refractivity contribution is 14.0. The molecule has 0 aliphatic carbocycles. The fourth-order valence-electron chi connectivity index (χ4n) is 2.93. The number of carbonyl (C=O) groups excluding carboxylic acids is 1. The maximum Gasteiger partial charge on any atom is 0.309 e. The molecular formula is C19H32IN3O4. The third kappa shape index (κ3) is 8.50. The molecule has 0 aromatic carbocycles. The molecule has 1 fully saturated rings. The van der Waals surface area contributed by atoms with Gasteiger partial charge in [0.25, 0.3) is 0 Å². The lowest BCUT2D eigenvalue weighted by Crippen LogP contribution is -2.46. The summed E-state index contributed by atoms with van der Waals surface area (Å²) in [6.45, 7) is 8.69. The molecule has 27 heavy (non-hydrogen) atoms. The Morgan fingerprint density at radius 2 is 2.15 bits per heavy atom. The minimum atomic E-state index is -0.0669. The first-order valence-corrected chi connectivity index (χ1v) is 9.54. The van der Waals surface area contributed by atoms with Gasteiger partial charge >= 0.3 is 5.97 Å². The Morgan fingerprint density at radius 3 is 2.78 bits per heavy atom. The molecule has 1 aliphatic heterocycles. The normalized spacial score (nSPS) is 15.3. The van der Waals surface area contributed by atoms with E-state index in [1.165, 1.54) is 0 Å². The number of esters is 1. The highest BCUT2D eigenvalue weighted by atomic mass is 127. The minimum Gasteiger partial charge on any atom is -0.467 e. The second kappa shape index (κ2) is 13.8. The number of halogens is 1. The van der Waals surface area contributed by atoms with E-state index in [9.17, 15) is 4.79 Å². The first kappa shape index (κ1) is 23.7. The Kier molecular flexibility index (Phi) is 12.2. The molecule has 154 valence electrons. The average Bonchev–Trinajstić information content (AvgIpc) is 3.17. The molecule has 1 aromatic rings. The van der Waals surface area contributed by atoms with Crippen molar-refractivity contribution in [1.29, 1.82) is 0 Å². The van der Waals surface area contributed by atoms with Gasteiger partial charge in [-0.1, -0.05) is 0 Å². The van der Waals surface area contributed by atoms with Gasteiger partial charge in [-0.15, -0.1) is 24.0 Å². The highest BCUT2D eigenvalue weighted by Gasteiger charge is 2.27. The number of furan rings is 1. The molecule has 1 saturated heterocycles. The fraction of sp³-hybridized carbons (Fsp3) is 0.684. The summed E-state index contributed by atoms with van der Waals surface area (Å²) in [6.07, 6.45) is 4.14. The van der Waals surface area contributed by atoms with Gasteiger partial charge in [0.1, 0.15) is 12.4 Å². The molecule has 1 aromatic heterocycles. The SMILES string of the molecule is CCNC(=NCCCOCc1ccco1)N1CCC(C(=O)OCC)CC1.I. The van der Waals surface area contributed by atoms with Crippen LogP contribution < -0.4 is 5.32 Å². The Balaban J connectivity index is 0.00000364. The zero-order valence-electron chi connectivity index (χ0n) is 16.3. The van der Waals surface area contributed by atoms with Crippen LogP contribution in [0.5, 0.6) is 0 Å². The second-order valence-corrected chi connectivity index (χ2v) is 6.23. The highest BCUT2D eigenvalue weighted by Crippen LogP contribution is 2.18. The van der Waals surface area contributed by atoms with E-state index in [1.54, 1.807) is 6.26 Å². The summed E-state index contributed by atoms with van der Waals surface area (Å²) in [5.41, 5.74) is 0. The summed E-state index contributed by atoms with van der Waals surface area (Å²) in [7, 11) is 0. The molecule has 0 atom stereocenters. The van der Waals surface area contributed by atoms with Crippen molar-refractivity contribution in [2.45, 2.75) is 39.7 Å². The fourth-order valence-corrected chi connectivity index (χ4v) is 2.93. The van der Waals surface area contributed by atoms with Crippen molar-refractivity contribution in [2.24, 2.45) is 10.9 Å². The van der Waals surface area contributed by atoms with Crippen LogP contribution in [0, 0.1) is 5.92 Å². The predicted molar refractivity (Wildman–Crippen MR) is 115 cm³/mol. The van der Waals surface area contributed by atoms with Gasteiger partial charge in [0.05, 0.1) is 18.8 Å². The average molecular weight is 493 g/mol. The van der Waals surface area contributed by atoms with Crippen LogP contribution >= 0.6 is 24.0 Å². The van der Waals surface area contributed by atoms with Gasteiger partial charge in [0, 0.05) is 32.8 Å². The summed E-state index contributed by atoms with van der Waals surface area (Å²) >= 11 is 0. The van der Waals surface area contributed by atoms with Crippen LogP contribution in [0.25, 0.3) is 0 Å². The molecule has 7 nitrogen and oxygen atoms in total. The predicted octanol–water partition coefficient (Wildman–Crippen LogP) is 3.04. The molecular weight excluding hydrogens is 461 g/mol. The largest absolute Gasteiger partial charge is 0.467 e. The number of nitrogens with zero attached hydrogens (tertiary/aromatic N) is 2. The van der Waals surface area contributed by atoms with Crippen LogP contribution in [0.4, 0.5) is 0 Å². The van der Waals surface area contributed by atoms with Gasteiger partial charge in [-0.05, 0) is 45.2 Å². The summed E-state index contributed by atoms with van der Waals surface area (Å²) in [6, 6.07) is 3.76. The number of hydrogen-bond donors (Lipinski definition) is 1. The maximum absolute atomic E-state index is 11.9. The minimum absolute atomic E-state index is 0. The van der Waals surface area contributed by atoms with Gasteiger partial charge in [-0.3, -0.25) is 9.79 Å². The third-order valence-corrected chi connectivity index (χ3v) is 4.28. The van der Waals surface area contributed by atoms with Gasteiger partial charge in [-0.25, -0.2) is 0 Å². The maximum atomic E-state index is 11.9. The van der Waals surface area contributed by atoms with Crippen molar-refractivity contribution in [2.75, 3.05) is 39.4 Å². The topological polar surface area (TPSA) is 76.3 Å². The van der Waals surface area contributed by atoms with Crippen molar-refractivity contribution >= 4 is 35.9 Å². The number of rotatable bonds is 9. The molecule has 8 heteroatoms. The van der Waals surface area contributed by atoms with Crippen LogP contribution in [0.2, 0.25) is 0 Å². The zero-order chi connectivity index (χ0) is 18.6. The van der Waals surface area contributed by atoms with Gasteiger partial charge < -0.3 is 24.1 Å². The van der Waals surface area contributed by atoms with Crippen LogP contribution in [-0.2, 0) is 20.9 Å². The Hall–Kier alpha value is -1.29. The van der Waals surface area contributed by atoms with Crippen molar-refractivity contribution in [3.8, 4) is 0 Å². The summed E-state index contributed by atoms with van der Waals surface area (Å²) < 4.78 is 15.9. The number of guanidine groups is 1. The van der Waals surface area contributed by atoms with E-state index in [2.05, 4.69) is 22.1 Å². The number of carbonyl (C=O) groups is 1. The van der Waals surface area contributed by atoms with E-state index < -0.39 is 0 Å². The van der Waals surface area contributed by atoms with E-state index in [0.29, 0.717) is 26.4 Å². The molecule has 0 bridgehead atoms. The van der Waals surface area contributed by atoms with Gasteiger partial charge in [-0.2, -0.15) is 0 Å². The molecule has 0 spiro atoms. The van der Waals surface area contributed by atoms with E-state index in [4.69, 9.17) is 13.9 Å². The van der Waals surface area contributed by atoms with Crippen LogP contribution in [0.1, 0.15) is 38.9 Å². The number of hydrogen-bond acceptors (Lipinski definition) is 5. The first-order chi connectivity index (χ1) is 12.7. The van der Waals surface area contributed by atoms with E-state index >= 15 is 0 Å². The molecule has 0 radical (unpaired) electrons. The molecule has 1 N–H and O–H groups in total. The van der Waals surface area contributed by atoms with E-state index in [0.717, 1.165) is 50.6 Å². The molecule has 0 saturated carbocycles. The standard InChI is InChI=1S/C19H31N3O4.HI/c1-3-20-19(21-10-6-13-24-15-17-7-5-14-26-17)22-11-8-16(9-12-22)18(23)25-4-2;/h5,7,14,16H,3-4,6,8-13,15H2,1-2H3,(H,20,21);1H. The van der Waals surface area contributed by atoms with Crippen molar-refractivity contribution in [1.82, 2.24) is 10.2 Å². The van der Waals surface area contributed by atoms with Crippen molar-refractivity contribution < 1.29 is 18.7 Å².